The van der Waals surface area contributed by atoms with Gasteiger partial charge in [-0.05, 0) is 44.7 Å². The smallest absolute Gasteiger partial charge is 0.244 e. The molecular formula is C19H26N6O3S. The number of benzene rings is 1. The molecule has 9 nitrogen and oxygen atoms in total. The maximum atomic E-state index is 12.6. The van der Waals surface area contributed by atoms with Crippen LogP contribution in [0.4, 0.5) is 5.69 Å². The second kappa shape index (κ2) is 7.75. The van der Waals surface area contributed by atoms with Gasteiger partial charge >= 0.3 is 0 Å². The maximum absolute atomic E-state index is 12.6. The van der Waals surface area contributed by atoms with Crippen LogP contribution in [0.25, 0.3) is 0 Å². The number of carbonyl (C=O) groups is 1. The minimum atomic E-state index is -3.52. The highest BCUT2D eigenvalue weighted by molar-refractivity contribution is 7.89. The third-order valence-corrected chi connectivity index (χ3v) is 7.13. The van der Waals surface area contributed by atoms with Crippen LogP contribution in [0.1, 0.15) is 30.9 Å². The van der Waals surface area contributed by atoms with Gasteiger partial charge in [-0.1, -0.05) is 12.1 Å². The zero-order chi connectivity index (χ0) is 20.6. The molecule has 0 radical (unpaired) electrons. The molecule has 0 saturated carbocycles. The highest BCUT2D eigenvalue weighted by Gasteiger charge is 2.35. The molecule has 2 aliphatic heterocycles. The molecule has 10 heteroatoms. The topological polar surface area (TPSA) is 109 Å². The lowest BCUT2D eigenvalue weighted by atomic mass is 9.93. The molecule has 1 aromatic carbocycles. The summed E-state index contributed by atoms with van der Waals surface area (Å²) in [4.78, 5) is 19.0. The molecule has 1 fully saturated rings. The maximum Gasteiger partial charge on any atom is 0.244 e. The number of aryl methyl sites for hydroxylation is 3. The Labute approximate surface area is 170 Å². The van der Waals surface area contributed by atoms with Gasteiger partial charge in [-0.3, -0.25) is 4.79 Å². The number of rotatable bonds is 4. The van der Waals surface area contributed by atoms with Crippen molar-refractivity contribution in [2.24, 2.45) is 5.92 Å². The van der Waals surface area contributed by atoms with Crippen molar-refractivity contribution in [2.45, 2.75) is 50.7 Å². The van der Waals surface area contributed by atoms with Crippen LogP contribution >= 0.6 is 0 Å². The summed E-state index contributed by atoms with van der Waals surface area (Å²) in [7, 11) is -3.52. The predicted octanol–water partition coefficient (Wildman–Crippen LogP) is 1.25. The fourth-order valence-electron chi connectivity index (χ4n) is 4.08. The fourth-order valence-corrected chi connectivity index (χ4v) is 5.46. The Hall–Kier alpha value is -2.46. The van der Waals surface area contributed by atoms with Crippen LogP contribution in [0, 0.1) is 19.8 Å². The van der Waals surface area contributed by atoms with E-state index in [0.29, 0.717) is 37.6 Å². The normalized spacial score (nSPS) is 21.4. The van der Waals surface area contributed by atoms with E-state index in [1.165, 1.54) is 0 Å². The molecular weight excluding hydrogens is 392 g/mol. The van der Waals surface area contributed by atoms with Crippen LogP contribution in [0.2, 0.25) is 0 Å². The van der Waals surface area contributed by atoms with Gasteiger partial charge in [-0.2, -0.15) is 9.82 Å². The van der Waals surface area contributed by atoms with Crippen molar-refractivity contribution in [3.05, 3.63) is 35.9 Å². The molecule has 2 N–H and O–H groups in total. The number of likely N-dealkylation sites (tertiary alicyclic amines) is 1. The number of hydrogen-bond acceptors (Lipinski definition) is 6. The summed E-state index contributed by atoms with van der Waals surface area (Å²) in [6, 6.07) is 6.92. The first-order valence-electron chi connectivity index (χ1n) is 9.87. The van der Waals surface area contributed by atoms with Crippen molar-refractivity contribution < 1.29 is 13.2 Å². The lowest BCUT2D eigenvalue weighted by Crippen LogP contribution is -2.52. The molecule has 0 unspecified atom stereocenters. The Kier molecular flexibility index (Phi) is 5.30. The number of hydrogen-bond donors (Lipinski definition) is 2. The molecule has 29 heavy (non-hydrogen) atoms. The standard InChI is InChI=1S/C19H26N6O3S/c1-13-20-14(2)25(22-13)12-9-18(26)24-10-7-15(8-11-24)19-21-16-5-3-4-6-17(16)29(27,28)23-19/h3-6,15,19,21,23H,7-12H2,1-2H3/t19-/m0/s1. The SMILES string of the molecule is Cc1nc(C)n(CCC(=O)N2CCC([C@H]3Nc4ccccc4S(=O)(=O)N3)CC2)n1. The largest absolute Gasteiger partial charge is 0.368 e. The minimum Gasteiger partial charge on any atom is -0.368 e. The first-order chi connectivity index (χ1) is 13.8. The van der Waals surface area contributed by atoms with Crippen LogP contribution < -0.4 is 10.0 Å². The third kappa shape index (κ3) is 4.13. The van der Waals surface area contributed by atoms with Gasteiger partial charge in [0.25, 0.3) is 0 Å². The Balaban J connectivity index is 1.33. The zero-order valence-corrected chi connectivity index (χ0v) is 17.4. The summed E-state index contributed by atoms with van der Waals surface area (Å²) in [5, 5.41) is 7.60. The average Bonchev–Trinajstić information content (AvgIpc) is 3.03. The van der Waals surface area contributed by atoms with Gasteiger partial charge in [0.05, 0.1) is 18.4 Å². The van der Waals surface area contributed by atoms with Gasteiger partial charge in [0, 0.05) is 19.5 Å². The van der Waals surface area contributed by atoms with E-state index in [1.54, 1.807) is 22.9 Å². The lowest BCUT2D eigenvalue weighted by Gasteiger charge is -2.39. The number of sulfonamides is 1. The van der Waals surface area contributed by atoms with Gasteiger partial charge < -0.3 is 10.2 Å². The van der Waals surface area contributed by atoms with E-state index in [1.807, 2.05) is 24.8 Å². The van der Waals surface area contributed by atoms with Gasteiger partial charge in [-0.15, -0.1) is 0 Å². The van der Waals surface area contributed by atoms with Gasteiger partial charge in [0.1, 0.15) is 16.5 Å². The number of fused-ring (bicyclic) bond motifs is 1. The van der Waals surface area contributed by atoms with Gasteiger partial charge in [0.15, 0.2) is 0 Å². The predicted molar refractivity (Wildman–Crippen MR) is 108 cm³/mol. The van der Waals surface area contributed by atoms with Crippen molar-refractivity contribution >= 4 is 21.6 Å². The molecule has 0 aliphatic carbocycles. The summed E-state index contributed by atoms with van der Waals surface area (Å²) in [6.07, 6.45) is 1.52. The molecule has 1 saturated heterocycles. The molecule has 3 heterocycles. The van der Waals surface area contributed by atoms with E-state index >= 15 is 0 Å². The third-order valence-electron chi connectivity index (χ3n) is 5.63. The summed E-state index contributed by atoms with van der Waals surface area (Å²) < 4.78 is 29.6. The van der Waals surface area contributed by atoms with Crippen LogP contribution in [-0.2, 0) is 21.4 Å². The Morgan fingerprint density at radius 1 is 1.21 bits per heavy atom. The highest BCUT2D eigenvalue weighted by Crippen LogP contribution is 2.30. The number of amides is 1. The Bertz CT molecular complexity index is 1010. The van der Waals surface area contributed by atoms with Crippen molar-refractivity contribution in [3.63, 3.8) is 0 Å². The fraction of sp³-hybridized carbons (Fsp3) is 0.526. The zero-order valence-electron chi connectivity index (χ0n) is 16.6. The van der Waals surface area contributed by atoms with Gasteiger partial charge in [-0.25, -0.2) is 18.1 Å². The summed E-state index contributed by atoms with van der Waals surface area (Å²) in [5.74, 6) is 1.74. The van der Waals surface area contributed by atoms with Gasteiger partial charge in [0.2, 0.25) is 15.9 Å². The molecule has 156 valence electrons. The molecule has 1 amide bonds. The number of anilines is 1. The van der Waals surface area contributed by atoms with Crippen molar-refractivity contribution in [2.75, 3.05) is 18.4 Å². The number of aromatic nitrogens is 3. The Morgan fingerprint density at radius 2 is 1.93 bits per heavy atom. The number of para-hydroxylation sites is 1. The number of piperidine rings is 1. The second-order valence-corrected chi connectivity index (χ2v) is 9.32. The molecule has 2 aliphatic rings. The second-order valence-electron chi connectivity index (χ2n) is 7.64. The van der Waals surface area contributed by atoms with E-state index in [4.69, 9.17) is 0 Å². The summed E-state index contributed by atoms with van der Waals surface area (Å²) in [5.41, 5.74) is 0.633. The molecule has 2 aromatic rings. The van der Waals surface area contributed by atoms with E-state index in [9.17, 15) is 13.2 Å². The Morgan fingerprint density at radius 3 is 2.62 bits per heavy atom. The molecule has 4 rings (SSSR count). The quantitative estimate of drug-likeness (QED) is 0.774. The van der Waals surface area contributed by atoms with E-state index in [2.05, 4.69) is 20.1 Å². The van der Waals surface area contributed by atoms with Crippen LogP contribution in [-0.4, -0.2) is 53.2 Å². The monoisotopic (exact) mass is 418 g/mol. The summed E-state index contributed by atoms with van der Waals surface area (Å²) in [6.45, 7) is 5.49. The van der Waals surface area contributed by atoms with E-state index < -0.39 is 10.0 Å². The van der Waals surface area contributed by atoms with Crippen LogP contribution in [0.15, 0.2) is 29.2 Å². The van der Waals surface area contributed by atoms with Crippen LogP contribution in [0.3, 0.4) is 0 Å². The molecule has 1 atom stereocenters. The van der Waals surface area contributed by atoms with Crippen LogP contribution in [0.5, 0.6) is 0 Å². The minimum absolute atomic E-state index is 0.0959. The number of carbonyl (C=O) groups excluding carboxylic acids is 1. The van der Waals surface area contributed by atoms with E-state index in [0.717, 1.165) is 18.7 Å². The average molecular weight is 419 g/mol. The van der Waals surface area contributed by atoms with Crippen molar-refractivity contribution in [1.82, 2.24) is 24.4 Å². The number of nitrogens with zero attached hydrogens (tertiary/aromatic N) is 4. The van der Waals surface area contributed by atoms with E-state index in [-0.39, 0.29) is 22.9 Å². The lowest BCUT2D eigenvalue weighted by molar-refractivity contribution is -0.133. The first-order valence-corrected chi connectivity index (χ1v) is 11.4. The van der Waals surface area contributed by atoms with Crippen molar-refractivity contribution in [3.8, 4) is 0 Å². The first kappa shape index (κ1) is 19.8. The molecule has 0 bridgehead atoms. The van der Waals surface area contributed by atoms with Crippen molar-refractivity contribution in [1.29, 1.82) is 0 Å². The molecule has 0 spiro atoms. The highest BCUT2D eigenvalue weighted by atomic mass is 32.2. The molecule has 1 aromatic heterocycles. The number of nitrogens with one attached hydrogen (secondary N) is 2. The summed E-state index contributed by atoms with van der Waals surface area (Å²) >= 11 is 0.